The van der Waals surface area contributed by atoms with Gasteiger partial charge in [-0.2, -0.15) is 0 Å². The number of benzene rings is 1. The second-order valence-electron chi connectivity index (χ2n) is 6.17. The van der Waals surface area contributed by atoms with Crippen molar-refractivity contribution in [1.29, 1.82) is 0 Å². The Morgan fingerprint density at radius 2 is 2.08 bits per heavy atom. The molecule has 0 aliphatic heterocycles. The molecular formula is C20H22BrN3OS. The van der Waals surface area contributed by atoms with Crippen LogP contribution in [0.4, 0.5) is 0 Å². The van der Waals surface area contributed by atoms with Gasteiger partial charge < -0.3 is 9.72 Å². The van der Waals surface area contributed by atoms with Crippen LogP contribution in [0.3, 0.4) is 0 Å². The summed E-state index contributed by atoms with van der Waals surface area (Å²) in [4.78, 5) is 17.9. The van der Waals surface area contributed by atoms with E-state index >= 15 is 0 Å². The Balaban J connectivity index is 1.36. The number of hydrogen-bond donors (Lipinski definition) is 1. The summed E-state index contributed by atoms with van der Waals surface area (Å²) >= 11 is 5.40. The number of pyridine rings is 1. The Bertz CT molecular complexity index is 894. The molecule has 0 saturated carbocycles. The highest BCUT2D eigenvalue weighted by molar-refractivity contribution is 9.10. The Labute approximate surface area is 166 Å². The van der Waals surface area contributed by atoms with Crippen LogP contribution >= 0.6 is 27.7 Å². The van der Waals surface area contributed by atoms with Crippen LogP contribution in [0.2, 0.25) is 0 Å². The maximum absolute atomic E-state index is 12.1. The fourth-order valence-electron chi connectivity index (χ4n) is 2.72. The molecule has 0 saturated heterocycles. The van der Waals surface area contributed by atoms with E-state index in [2.05, 4.69) is 38.4 Å². The SMILES string of the molecule is Cc1cccn2cc(CC(=O)NCCCCSc3ccccc3Br)nc12. The third-order valence-electron chi connectivity index (χ3n) is 4.06. The summed E-state index contributed by atoms with van der Waals surface area (Å²) in [7, 11) is 0. The first-order valence-electron chi connectivity index (χ1n) is 8.71. The lowest BCUT2D eigenvalue weighted by molar-refractivity contribution is -0.120. The molecule has 0 fully saturated rings. The summed E-state index contributed by atoms with van der Waals surface area (Å²) in [5, 5.41) is 2.99. The monoisotopic (exact) mass is 431 g/mol. The number of aryl methyl sites for hydroxylation is 1. The Kier molecular flexibility index (Phi) is 6.74. The van der Waals surface area contributed by atoms with E-state index in [1.165, 1.54) is 4.90 Å². The van der Waals surface area contributed by atoms with Gasteiger partial charge in [-0.25, -0.2) is 4.98 Å². The predicted octanol–water partition coefficient (Wildman–Crippen LogP) is 4.64. The average Bonchev–Trinajstić information content (AvgIpc) is 3.03. The zero-order valence-corrected chi connectivity index (χ0v) is 17.1. The maximum atomic E-state index is 12.1. The van der Waals surface area contributed by atoms with Gasteiger partial charge in [0.1, 0.15) is 5.65 Å². The molecule has 1 N–H and O–H groups in total. The number of carbonyl (C=O) groups excluding carboxylic acids is 1. The van der Waals surface area contributed by atoms with Crippen molar-refractivity contribution >= 4 is 39.2 Å². The lowest BCUT2D eigenvalue weighted by Gasteiger charge is -2.05. The van der Waals surface area contributed by atoms with Crippen LogP contribution in [0.5, 0.6) is 0 Å². The molecule has 6 heteroatoms. The van der Waals surface area contributed by atoms with Gasteiger partial charge >= 0.3 is 0 Å². The van der Waals surface area contributed by atoms with Crippen molar-refractivity contribution in [1.82, 2.24) is 14.7 Å². The summed E-state index contributed by atoms with van der Waals surface area (Å²) < 4.78 is 3.11. The van der Waals surface area contributed by atoms with Gasteiger partial charge in [-0.05, 0) is 65.2 Å². The van der Waals surface area contributed by atoms with Gasteiger partial charge in [0.05, 0.1) is 12.1 Å². The second-order valence-corrected chi connectivity index (χ2v) is 8.16. The molecule has 0 aliphatic carbocycles. The lowest BCUT2D eigenvalue weighted by atomic mass is 10.3. The van der Waals surface area contributed by atoms with Gasteiger partial charge in [0.2, 0.25) is 5.91 Å². The molecule has 0 spiro atoms. The zero-order valence-electron chi connectivity index (χ0n) is 14.7. The molecule has 1 aromatic carbocycles. The maximum Gasteiger partial charge on any atom is 0.226 e. The van der Waals surface area contributed by atoms with Crippen molar-refractivity contribution in [3.63, 3.8) is 0 Å². The standard InChI is InChI=1S/C20H22BrN3OS/c1-15-7-6-11-24-14-16(23-20(15)24)13-19(25)22-10-4-5-12-26-18-9-3-2-8-17(18)21/h2-3,6-9,11,14H,4-5,10,12-13H2,1H3,(H,22,25). The van der Waals surface area contributed by atoms with Crippen LogP contribution in [-0.4, -0.2) is 27.6 Å². The van der Waals surface area contributed by atoms with E-state index in [9.17, 15) is 4.79 Å². The third kappa shape index (κ3) is 5.11. The van der Waals surface area contributed by atoms with Crippen LogP contribution in [0.1, 0.15) is 24.1 Å². The average molecular weight is 432 g/mol. The molecule has 26 heavy (non-hydrogen) atoms. The number of hydrogen-bond acceptors (Lipinski definition) is 3. The van der Waals surface area contributed by atoms with Crippen molar-refractivity contribution < 1.29 is 4.79 Å². The number of nitrogens with zero attached hydrogens (tertiary/aromatic N) is 2. The number of amides is 1. The van der Waals surface area contributed by atoms with Crippen molar-refractivity contribution in [2.45, 2.75) is 31.1 Å². The molecule has 2 aromatic heterocycles. The number of unbranched alkanes of at least 4 members (excludes halogenated alkanes) is 1. The minimum Gasteiger partial charge on any atom is -0.356 e. The van der Waals surface area contributed by atoms with Crippen LogP contribution in [0, 0.1) is 6.92 Å². The number of thioether (sulfide) groups is 1. The number of nitrogens with one attached hydrogen (secondary N) is 1. The molecule has 0 atom stereocenters. The summed E-state index contributed by atoms with van der Waals surface area (Å²) in [5.41, 5.74) is 2.84. The molecular weight excluding hydrogens is 410 g/mol. The third-order valence-corrected chi connectivity index (χ3v) is 6.17. The van der Waals surface area contributed by atoms with Gasteiger partial charge in [-0.15, -0.1) is 11.8 Å². The summed E-state index contributed by atoms with van der Waals surface area (Å²) in [6, 6.07) is 12.3. The normalized spacial score (nSPS) is 11.0. The number of halogens is 1. The lowest BCUT2D eigenvalue weighted by Crippen LogP contribution is -2.26. The fraction of sp³-hybridized carbons (Fsp3) is 0.300. The van der Waals surface area contributed by atoms with Crippen molar-refractivity contribution in [2.24, 2.45) is 0 Å². The molecule has 1 amide bonds. The predicted molar refractivity (Wildman–Crippen MR) is 111 cm³/mol. The molecule has 136 valence electrons. The van der Waals surface area contributed by atoms with Gasteiger partial charge in [0, 0.05) is 28.3 Å². The number of carbonyl (C=O) groups is 1. The molecule has 0 aliphatic rings. The Morgan fingerprint density at radius 3 is 2.88 bits per heavy atom. The van der Waals surface area contributed by atoms with Gasteiger partial charge in [-0.3, -0.25) is 4.79 Å². The highest BCUT2D eigenvalue weighted by Crippen LogP contribution is 2.27. The van der Waals surface area contributed by atoms with E-state index in [4.69, 9.17) is 0 Å². The van der Waals surface area contributed by atoms with Crippen molar-refractivity contribution in [3.8, 4) is 0 Å². The smallest absolute Gasteiger partial charge is 0.226 e. The van der Waals surface area contributed by atoms with Crippen LogP contribution in [-0.2, 0) is 11.2 Å². The fourth-order valence-corrected chi connectivity index (χ4v) is 4.29. The summed E-state index contributed by atoms with van der Waals surface area (Å²) in [5.74, 6) is 1.08. The van der Waals surface area contributed by atoms with Gasteiger partial charge in [-0.1, -0.05) is 18.2 Å². The zero-order chi connectivity index (χ0) is 18.4. The Hall–Kier alpha value is -1.79. The van der Waals surface area contributed by atoms with Gasteiger partial charge in [0.15, 0.2) is 0 Å². The van der Waals surface area contributed by atoms with Crippen molar-refractivity contribution in [2.75, 3.05) is 12.3 Å². The van der Waals surface area contributed by atoms with Gasteiger partial charge in [0.25, 0.3) is 0 Å². The number of imidazole rings is 1. The molecule has 2 heterocycles. The minimum atomic E-state index is 0.0320. The van der Waals surface area contributed by atoms with Crippen molar-refractivity contribution in [3.05, 3.63) is 64.5 Å². The molecule has 0 bridgehead atoms. The van der Waals surface area contributed by atoms with E-state index in [0.29, 0.717) is 13.0 Å². The van der Waals surface area contributed by atoms with E-state index in [0.717, 1.165) is 40.0 Å². The first kappa shape index (κ1) is 19.0. The molecule has 3 aromatic rings. The van der Waals surface area contributed by atoms with E-state index in [-0.39, 0.29) is 5.91 Å². The number of fused-ring (bicyclic) bond motifs is 1. The topological polar surface area (TPSA) is 46.4 Å². The first-order valence-corrected chi connectivity index (χ1v) is 10.5. The summed E-state index contributed by atoms with van der Waals surface area (Å²) in [6.07, 6.45) is 6.26. The minimum absolute atomic E-state index is 0.0320. The number of aromatic nitrogens is 2. The largest absolute Gasteiger partial charge is 0.356 e. The van der Waals surface area contributed by atoms with E-state index in [1.54, 1.807) is 0 Å². The second kappa shape index (κ2) is 9.24. The Morgan fingerprint density at radius 1 is 1.23 bits per heavy atom. The summed E-state index contributed by atoms with van der Waals surface area (Å²) in [6.45, 7) is 2.74. The molecule has 0 radical (unpaired) electrons. The van der Waals surface area contributed by atoms with E-state index < -0.39 is 0 Å². The highest BCUT2D eigenvalue weighted by Gasteiger charge is 2.08. The number of rotatable bonds is 8. The quantitative estimate of drug-likeness (QED) is 0.417. The molecule has 4 nitrogen and oxygen atoms in total. The molecule has 3 rings (SSSR count). The first-order chi connectivity index (χ1) is 12.6. The highest BCUT2D eigenvalue weighted by atomic mass is 79.9. The van der Waals surface area contributed by atoms with Crippen LogP contribution < -0.4 is 5.32 Å². The molecule has 0 unspecified atom stereocenters. The van der Waals surface area contributed by atoms with Crippen LogP contribution in [0.25, 0.3) is 5.65 Å². The van der Waals surface area contributed by atoms with Crippen LogP contribution in [0.15, 0.2) is 58.2 Å². The van der Waals surface area contributed by atoms with E-state index in [1.807, 2.05) is 59.7 Å².